The quantitative estimate of drug-likeness (QED) is 0.471. The molecule has 3 aromatic rings. The van der Waals surface area contributed by atoms with Gasteiger partial charge in [-0.25, -0.2) is 9.97 Å². The molecule has 9 nitrogen and oxygen atoms in total. The second kappa shape index (κ2) is 7.74. The number of halogens is 1. The Morgan fingerprint density at radius 3 is 2.54 bits per heavy atom. The molecule has 0 spiro atoms. The lowest BCUT2D eigenvalue weighted by molar-refractivity contribution is -0.385. The van der Waals surface area contributed by atoms with Gasteiger partial charge < -0.3 is 14.8 Å². The number of para-hydroxylation sites is 2. The molecule has 0 saturated heterocycles. The van der Waals surface area contributed by atoms with E-state index >= 15 is 0 Å². The van der Waals surface area contributed by atoms with Gasteiger partial charge in [-0.05, 0) is 40.2 Å². The standard InChI is InChI=1S/C16H12BrN5O4/c1-25-11-4-2-3-5-12(11)26-16-14(22(23)24)15(19-9-20-16)21-13-7-6-10(17)8-18-13/h2-9H,1H3,(H,18,19,20,21). The van der Waals surface area contributed by atoms with Crippen LogP contribution in [0.1, 0.15) is 0 Å². The lowest BCUT2D eigenvalue weighted by Crippen LogP contribution is -2.04. The first kappa shape index (κ1) is 17.5. The Kier molecular flexibility index (Phi) is 5.23. The van der Waals surface area contributed by atoms with Crippen molar-refractivity contribution in [3.05, 3.63) is 63.5 Å². The first-order valence-electron chi connectivity index (χ1n) is 7.27. The van der Waals surface area contributed by atoms with E-state index < -0.39 is 10.6 Å². The van der Waals surface area contributed by atoms with Crippen molar-refractivity contribution in [3.63, 3.8) is 0 Å². The number of anilines is 2. The van der Waals surface area contributed by atoms with E-state index in [-0.39, 0.29) is 11.7 Å². The van der Waals surface area contributed by atoms with Crippen LogP contribution < -0.4 is 14.8 Å². The van der Waals surface area contributed by atoms with E-state index in [0.717, 1.165) is 4.47 Å². The van der Waals surface area contributed by atoms with Gasteiger partial charge in [-0.2, -0.15) is 4.98 Å². The van der Waals surface area contributed by atoms with Crippen molar-refractivity contribution in [3.8, 4) is 17.4 Å². The molecule has 0 aliphatic rings. The van der Waals surface area contributed by atoms with Crippen LogP contribution in [0.3, 0.4) is 0 Å². The van der Waals surface area contributed by atoms with Crippen LogP contribution >= 0.6 is 15.9 Å². The van der Waals surface area contributed by atoms with Gasteiger partial charge in [0, 0.05) is 10.7 Å². The summed E-state index contributed by atoms with van der Waals surface area (Å²) in [7, 11) is 1.47. The van der Waals surface area contributed by atoms with Crippen LogP contribution in [0.5, 0.6) is 17.4 Å². The smallest absolute Gasteiger partial charge is 0.373 e. The van der Waals surface area contributed by atoms with Crippen molar-refractivity contribution in [2.75, 3.05) is 12.4 Å². The highest BCUT2D eigenvalue weighted by atomic mass is 79.9. The van der Waals surface area contributed by atoms with Gasteiger partial charge in [0.1, 0.15) is 12.1 Å². The lowest BCUT2D eigenvalue weighted by atomic mass is 10.3. The van der Waals surface area contributed by atoms with E-state index in [1.807, 2.05) is 0 Å². The molecule has 0 fully saturated rings. The Hall–Kier alpha value is -3.27. The zero-order valence-electron chi connectivity index (χ0n) is 13.4. The van der Waals surface area contributed by atoms with E-state index in [1.165, 1.54) is 13.4 Å². The average molecular weight is 418 g/mol. The fourth-order valence-corrected chi connectivity index (χ4v) is 2.31. The van der Waals surface area contributed by atoms with Crippen LogP contribution in [0.15, 0.2) is 53.4 Å². The predicted octanol–water partition coefficient (Wildman–Crippen LogP) is 4.09. The van der Waals surface area contributed by atoms with E-state index in [4.69, 9.17) is 9.47 Å². The monoisotopic (exact) mass is 417 g/mol. The van der Waals surface area contributed by atoms with Crippen LogP contribution in [-0.2, 0) is 0 Å². The summed E-state index contributed by atoms with van der Waals surface area (Å²) in [5.74, 6) is 0.853. The second-order valence-electron chi connectivity index (χ2n) is 4.87. The molecule has 3 rings (SSSR count). The summed E-state index contributed by atoms with van der Waals surface area (Å²) in [5.41, 5.74) is -0.414. The first-order valence-corrected chi connectivity index (χ1v) is 8.06. The molecule has 0 bridgehead atoms. The number of nitro groups is 1. The maximum Gasteiger partial charge on any atom is 0.373 e. The van der Waals surface area contributed by atoms with Gasteiger partial charge >= 0.3 is 11.6 Å². The molecule has 0 unspecified atom stereocenters. The third-order valence-electron chi connectivity index (χ3n) is 3.22. The summed E-state index contributed by atoms with van der Waals surface area (Å²) >= 11 is 3.27. The Bertz CT molecular complexity index is 936. The molecule has 10 heteroatoms. The molecular weight excluding hydrogens is 406 g/mol. The SMILES string of the molecule is COc1ccccc1Oc1ncnc(Nc2ccc(Br)cn2)c1[N+](=O)[O-]. The van der Waals surface area contributed by atoms with Gasteiger partial charge in [-0.3, -0.25) is 10.1 Å². The first-order chi connectivity index (χ1) is 12.6. The number of pyridine rings is 1. The van der Waals surface area contributed by atoms with Gasteiger partial charge in [0.25, 0.3) is 0 Å². The van der Waals surface area contributed by atoms with E-state index in [1.54, 1.807) is 42.6 Å². The molecule has 0 atom stereocenters. The summed E-state index contributed by atoms with van der Waals surface area (Å²) in [6.07, 6.45) is 2.72. The Labute approximate surface area is 156 Å². The van der Waals surface area contributed by atoms with E-state index in [2.05, 4.69) is 36.2 Å². The molecule has 132 valence electrons. The van der Waals surface area contributed by atoms with Gasteiger partial charge in [0.15, 0.2) is 11.5 Å². The zero-order chi connectivity index (χ0) is 18.5. The fraction of sp³-hybridized carbons (Fsp3) is 0.0625. The van der Waals surface area contributed by atoms with Crippen LogP contribution in [0.4, 0.5) is 17.3 Å². The van der Waals surface area contributed by atoms with Gasteiger partial charge in [0.05, 0.1) is 12.0 Å². The number of hydrogen-bond acceptors (Lipinski definition) is 8. The number of aromatic nitrogens is 3. The third-order valence-corrected chi connectivity index (χ3v) is 3.69. The summed E-state index contributed by atoms with van der Waals surface area (Å²) in [6, 6.07) is 10.2. The number of benzene rings is 1. The third kappa shape index (κ3) is 3.86. The van der Waals surface area contributed by atoms with Crippen molar-refractivity contribution in [1.82, 2.24) is 15.0 Å². The van der Waals surface area contributed by atoms with E-state index in [0.29, 0.717) is 17.3 Å². The summed E-state index contributed by atoms with van der Waals surface area (Å²) in [6.45, 7) is 0. The summed E-state index contributed by atoms with van der Waals surface area (Å²) in [4.78, 5) is 22.9. The van der Waals surface area contributed by atoms with Crippen LogP contribution in [0.25, 0.3) is 0 Å². The molecule has 0 saturated carbocycles. The topological polar surface area (TPSA) is 112 Å². The number of methoxy groups -OCH3 is 1. The molecule has 0 amide bonds. The molecule has 1 N–H and O–H groups in total. The second-order valence-corrected chi connectivity index (χ2v) is 5.79. The Morgan fingerprint density at radius 1 is 1.12 bits per heavy atom. The number of rotatable bonds is 6. The van der Waals surface area contributed by atoms with Crippen LogP contribution in [-0.4, -0.2) is 27.0 Å². The average Bonchev–Trinajstić information content (AvgIpc) is 2.64. The maximum absolute atomic E-state index is 11.6. The molecule has 0 radical (unpaired) electrons. The number of ether oxygens (including phenoxy) is 2. The molecule has 0 aliphatic heterocycles. The van der Waals surface area contributed by atoms with E-state index in [9.17, 15) is 10.1 Å². The van der Waals surface area contributed by atoms with Crippen molar-refractivity contribution in [2.45, 2.75) is 0 Å². The van der Waals surface area contributed by atoms with Crippen molar-refractivity contribution < 1.29 is 14.4 Å². The van der Waals surface area contributed by atoms with Gasteiger partial charge in [-0.1, -0.05) is 12.1 Å². The van der Waals surface area contributed by atoms with Gasteiger partial charge in [0.2, 0.25) is 5.82 Å². The molecule has 26 heavy (non-hydrogen) atoms. The molecule has 2 heterocycles. The van der Waals surface area contributed by atoms with Crippen molar-refractivity contribution in [2.24, 2.45) is 0 Å². The minimum absolute atomic E-state index is 0.0373. The molecule has 0 aliphatic carbocycles. The van der Waals surface area contributed by atoms with Gasteiger partial charge in [-0.15, -0.1) is 0 Å². The summed E-state index contributed by atoms with van der Waals surface area (Å²) in [5, 5.41) is 14.4. The van der Waals surface area contributed by atoms with Crippen LogP contribution in [0, 0.1) is 10.1 Å². The highest BCUT2D eigenvalue weighted by molar-refractivity contribution is 9.10. The Morgan fingerprint density at radius 2 is 1.88 bits per heavy atom. The molecular formula is C16H12BrN5O4. The predicted molar refractivity (Wildman–Crippen MR) is 97.0 cm³/mol. The largest absolute Gasteiger partial charge is 0.493 e. The highest BCUT2D eigenvalue weighted by Crippen LogP contribution is 2.38. The zero-order valence-corrected chi connectivity index (χ0v) is 15.0. The number of hydrogen-bond donors (Lipinski definition) is 1. The fourth-order valence-electron chi connectivity index (χ4n) is 2.07. The normalized spacial score (nSPS) is 10.2. The van der Waals surface area contributed by atoms with Crippen LogP contribution in [0.2, 0.25) is 0 Å². The summed E-state index contributed by atoms with van der Waals surface area (Å²) < 4.78 is 11.6. The van der Waals surface area contributed by atoms with Crippen molar-refractivity contribution in [1.29, 1.82) is 0 Å². The minimum atomic E-state index is -0.619. The minimum Gasteiger partial charge on any atom is -0.493 e. The lowest BCUT2D eigenvalue weighted by Gasteiger charge is -2.11. The maximum atomic E-state index is 11.6. The molecule has 2 aromatic heterocycles. The Balaban J connectivity index is 1.98. The number of nitrogens with zero attached hydrogens (tertiary/aromatic N) is 4. The molecule has 1 aromatic carbocycles. The number of nitrogens with one attached hydrogen (secondary N) is 1. The van der Waals surface area contributed by atoms with Crippen molar-refractivity contribution >= 4 is 33.3 Å². The highest BCUT2D eigenvalue weighted by Gasteiger charge is 2.26.